The van der Waals surface area contributed by atoms with Crippen molar-refractivity contribution >= 4 is 38.9 Å². The number of hydrogen-bond acceptors (Lipinski definition) is 5. The number of aromatic nitrogens is 1. The van der Waals surface area contributed by atoms with Crippen LogP contribution in [0.1, 0.15) is 27.7 Å². The molecule has 1 aliphatic rings. The lowest BCUT2D eigenvalue weighted by Crippen LogP contribution is -2.27. The number of amides is 1. The second-order valence-corrected chi connectivity index (χ2v) is 8.98. The van der Waals surface area contributed by atoms with E-state index in [1.165, 1.54) is 30.6 Å². The van der Waals surface area contributed by atoms with Crippen LogP contribution < -0.4 is 9.62 Å². The van der Waals surface area contributed by atoms with Crippen LogP contribution in [0.15, 0.2) is 59.8 Å². The van der Waals surface area contributed by atoms with Gasteiger partial charge in [-0.25, -0.2) is 12.8 Å². The van der Waals surface area contributed by atoms with Gasteiger partial charge in [-0.2, -0.15) is 13.2 Å². The van der Waals surface area contributed by atoms with Gasteiger partial charge in [0.15, 0.2) is 6.23 Å². The number of carbonyl (C=O) groups is 1. The topological polar surface area (TPSA) is 99.6 Å². The van der Waals surface area contributed by atoms with E-state index in [-0.39, 0.29) is 33.6 Å². The molecule has 1 aliphatic heterocycles. The van der Waals surface area contributed by atoms with Crippen molar-refractivity contribution in [3.8, 4) is 0 Å². The van der Waals surface area contributed by atoms with E-state index in [0.717, 1.165) is 11.0 Å². The third kappa shape index (κ3) is 4.01. The minimum atomic E-state index is -5.12. The molecule has 1 atom stereocenters. The number of halogens is 5. The summed E-state index contributed by atoms with van der Waals surface area (Å²) in [5.41, 5.74) is -2.24. The van der Waals surface area contributed by atoms with E-state index >= 15 is 0 Å². The number of hydrogen-bond donors (Lipinski definition) is 2. The molecule has 4 rings (SSSR count). The Hall–Kier alpha value is -3.22. The highest BCUT2D eigenvalue weighted by Gasteiger charge is 2.41. The first-order valence-electron chi connectivity index (χ1n) is 9.05. The fourth-order valence-corrected chi connectivity index (χ4v) is 4.73. The molecule has 0 aliphatic carbocycles. The second kappa shape index (κ2) is 7.97. The van der Waals surface area contributed by atoms with Crippen molar-refractivity contribution in [1.82, 2.24) is 4.98 Å². The Kier molecular flexibility index (Phi) is 5.55. The third-order valence-corrected chi connectivity index (χ3v) is 6.53. The van der Waals surface area contributed by atoms with Crippen LogP contribution in [0, 0.1) is 5.82 Å². The van der Waals surface area contributed by atoms with Gasteiger partial charge in [-0.05, 0) is 42.5 Å². The summed E-state index contributed by atoms with van der Waals surface area (Å²) >= 11 is 6.11. The van der Waals surface area contributed by atoms with Crippen LogP contribution in [-0.2, 0) is 16.2 Å². The quantitative estimate of drug-likeness (QED) is 0.518. The highest BCUT2D eigenvalue weighted by molar-refractivity contribution is 7.92. The van der Waals surface area contributed by atoms with Crippen molar-refractivity contribution in [2.24, 2.45) is 0 Å². The highest BCUT2D eigenvalue weighted by atomic mass is 35.5. The summed E-state index contributed by atoms with van der Waals surface area (Å²) in [6.07, 6.45) is -4.06. The molecule has 33 heavy (non-hydrogen) atoms. The van der Waals surface area contributed by atoms with Crippen molar-refractivity contribution < 1.29 is 35.9 Å². The Morgan fingerprint density at radius 1 is 1.15 bits per heavy atom. The number of rotatable bonds is 4. The largest absolute Gasteiger partial charge is 0.419 e. The van der Waals surface area contributed by atoms with Crippen LogP contribution >= 0.6 is 11.6 Å². The molecule has 13 heteroatoms. The number of aliphatic hydroxyl groups excluding tert-OH is 1. The van der Waals surface area contributed by atoms with Gasteiger partial charge in [0.1, 0.15) is 5.82 Å². The molecule has 0 bridgehead atoms. The normalized spacial score (nSPS) is 16.1. The van der Waals surface area contributed by atoms with Gasteiger partial charge in [0, 0.05) is 11.8 Å². The number of alkyl halides is 3. The number of anilines is 2. The van der Waals surface area contributed by atoms with Crippen LogP contribution in [-0.4, -0.2) is 24.4 Å². The zero-order chi connectivity index (χ0) is 24.1. The predicted octanol–water partition coefficient (Wildman–Crippen LogP) is 4.35. The summed E-state index contributed by atoms with van der Waals surface area (Å²) < 4.78 is 80.3. The Bertz CT molecular complexity index is 1370. The average Bonchev–Trinajstić information content (AvgIpc) is 3.01. The van der Waals surface area contributed by atoms with E-state index in [1.807, 2.05) is 0 Å². The molecule has 2 aromatic carbocycles. The van der Waals surface area contributed by atoms with Gasteiger partial charge >= 0.3 is 6.18 Å². The summed E-state index contributed by atoms with van der Waals surface area (Å²) in [7, 11) is -4.68. The molecule has 1 unspecified atom stereocenters. The lowest BCUT2D eigenvalue weighted by molar-refractivity contribution is -0.140. The third-order valence-electron chi connectivity index (χ3n) is 4.85. The standard InChI is InChI=1S/C20H12ClF4N3O4S/c21-13-4-6-15(17-16(13)18(29)28(19(17)30)10-2-1-7-26-9-10)27-33(31,32)11-3-5-14(22)12(8-11)20(23,24)25/h1-9,19,27,30H. The van der Waals surface area contributed by atoms with E-state index < -0.39 is 44.6 Å². The van der Waals surface area contributed by atoms with Crippen molar-refractivity contribution in [1.29, 1.82) is 0 Å². The monoisotopic (exact) mass is 501 g/mol. The minimum absolute atomic E-state index is 0.0791. The molecule has 0 saturated heterocycles. The van der Waals surface area contributed by atoms with E-state index in [9.17, 15) is 35.9 Å². The van der Waals surface area contributed by atoms with Crippen LogP contribution in [0.2, 0.25) is 5.02 Å². The molecule has 7 nitrogen and oxygen atoms in total. The first kappa shape index (κ1) is 23.0. The predicted molar refractivity (Wildman–Crippen MR) is 110 cm³/mol. The summed E-state index contributed by atoms with van der Waals surface area (Å²) in [4.78, 5) is 16.8. The molecule has 0 radical (unpaired) electrons. The first-order valence-corrected chi connectivity index (χ1v) is 10.9. The maximum atomic E-state index is 13.6. The molecule has 3 aromatic rings. The number of nitrogens with one attached hydrogen (secondary N) is 1. The zero-order valence-electron chi connectivity index (χ0n) is 16.1. The van der Waals surface area contributed by atoms with Gasteiger partial charge in [0.05, 0.1) is 38.6 Å². The second-order valence-electron chi connectivity index (χ2n) is 6.89. The van der Waals surface area contributed by atoms with Gasteiger partial charge in [0.2, 0.25) is 0 Å². The average molecular weight is 502 g/mol. The highest BCUT2D eigenvalue weighted by Crippen LogP contribution is 2.43. The van der Waals surface area contributed by atoms with Gasteiger partial charge in [0.25, 0.3) is 15.9 Å². The van der Waals surface area contributed by atoms with Crippen LogP contribution in [0.4, 0.5) is 28.9 Å². The van der Waals surface area contributed by atoms with Crippen LogP contribution in [0.25, 0.3) is 0 Å². The SMILES string of the molecule is O=C1c2c(Cl)ccc(NS(=O)(=O)c3ccc(F)c(C(F)(F)F)c3)c2C(O)N1c1cccnc1. The van der Waals surface area contributed by atoms with Crippen molar-refractivity contribution in [3.63, 3.8) is 0 Å². The van der Waals surface area contributed by atoms with Gasteiger partial charge in [-0.3, -0.25) is 19.4 Å². The van der Waals surface area contributed by atoms with E-state index in [1.54, 1.807) is 0 Å². The van der Waals surface area contributed by atoms with Crippen LogP contribution in [0.3, 0.4) is 0 Å². The number of sulfonamides is 1. The molecule has 1 aromatic heterocycles. The molecular weight excluding hydrogens is 490 g/mol. The Labute approximate surface area is 189 Å². The molecule has 0 saturated carbocycles. The number of benzene rings is 2. The number of pyridine rings is 1. The van der Waals surface area contributed by atoms with E-state index in [4.69, 9.17) is 11.6 Å². The fourth-order valence-electron chi connectivity index (χ4n) is 3.38. The maximum Gasteiger partial charge on any atom is 0.419 e. The molecule has 0 fully saturated rings. The van der Waals surface area contributed by atoms with Crippen molar-refractivity contribution in [2.45, 2.75) is 17.3 Å². The van der Waals surface area contributed by atoms with E-state index in [0.29, 0.717) is 12.1 Å². The Morgan fingerprint density at radius 2 is 1.88 bits per heavy atom. The van der Waals surface area contributed by atoms with E-state index in [2.05, 4.69) is 9.71 Å². The van der Waals surface area contributed by atoms with Gasteiger partial charge in [-0.15, -0.1) is 0 Å². The van der Waals surface area contributed by atoms with Crippen LogP contribution in [0.5, 0.6) is 0 Å². The first-order chi connectivity index (χ1) is 15.4. The fraction of sp³-hybridized carbons (Fsp3) is 0.100. The van der Waals surface area contributed by atoms with Gasteiger partial charge in [-0.1, -0.05) is 11.6 Å². The minimum Gasteiger partial charge on any atom is -0.369 e. The maximum absolute atomic E-state index is 13.6. The summed E-state index contributed by atoms with van der Waals surface area (Å²) in [6, 6.07) is 6.53. The van der Waals surface area contributed by atoms with Crippen molar-refractivity contribution in [2.75, 3.05) is 9.62 Å². The molecular formula is C20H12ClF4N3O4S. The summed E-state index contributed by atoms with van der Waals surface area (Å²) in [6.45, 7) is 0. The summed E-state index contributed by atoms with van der Waals surface area (Å²) in [5, 5.41) is 10.7. The number of aliphatic hydroxyl groups is 1. The Balaban J connectivity index is 1.78. The number of fused-ring (bicyclic) bond motifs is 1. The van der Waals surface area contributed by atoms with Crippen molar-refractivity contribution in [3.05, 3.63) is 82.4 Å². The lowest BCUT2D eigenvalue weighted by Gasteiger charge is -2.21. The smallest absolute Gasteiger partial charge is 0.369 e. The molecule has 1 amide bonds. The molecule has 0 spiro atoms. The Morgan fingerprint density at radius 3 is 2.52 bits per heavy atom. The molecule has 2 heterocycles. The number of nitrogens with zero attached hydrogens (tertiary/aromatic N) is 2. The van der Waals surface area contributed by atoms with Gasteiger partial charge < -0.3 is 5.11 Å². The summed E-state index contributed by atoms with van der Waals surface area (Å²) in [5.74, 6) is -2.38. The molecule has 2 N–H and O–H groups in total. The molecule has 172 valence electrons. The number of carbonyl (C=O) groups excluding carboxylic acids is 1. The zero-order valence-corrected chi connectivity index (χ0v) is 17.7. The lowest BCUT2D eigenvalue weighted by atomic mass is 10.1.